The molecule has 0 N–H and O–H groups in total. The third kappa shape index (κ3) is 4.70. The minimum absolute atomic E-state index is 0.602. The van der Waals surface area contributed by atoms with Crippen molar-refractivity contribution in [3.8, 4) is 0 Å². The summed E-state index contributed by atoms with van der Waals surface area (Å²) in [5, 5.41) is 0. The zero-order valence-corrected chi connectivity index (χ0v) is 13.4. The minimum Gasteiger partial charge on any atom is -0.0732 e. The van der Waals surface area contributed by atoms with Gasteiger partial charge in [-0.3, -0.25) is 0 Å². The van der Waals surface area contributed by atoms with Gasteiger partial charge >= 0.3 is 0 Å². The van der Waals surface area contributed by atoms with Gasteiger partial charge in [0.2, 0.25) is 0 Å². The largest absolute Gasteiger partial charge is 0.0732 e. The number of benzene rings is 1. The SMILES string of the molecule is CC(C)=C(C)/C(=C(/C)CCc1ccccc1)C(C)C. The Balaban J connectivity index is 2.89. The van der Waals surface area contributed by atoms with E-state index in [4.69, 9.17) is 0 Å². The number of allylic oxidation sites excluding steroid dienone is 4. The fourth-order valence-electron chi connectivity index (χ4n) is 2.63. The number of rotatable bonds is 5. The summed E-state index contributed by atoms with van der Waals surface area (Å²) in [6, 6.07) is 10.8. The van der Waals surface area contributed by atoms with Gasteiger partial charge in [0.15, 0.2) is 0 Å². The fourth-order valence-corrected chi connectivity index (χ4v) is 2.63. The zero-order chi connectivity index (χ0) is 14.4. The van der Waals surface area contributed by atoms with Gasteiger partial charge in [-0.2, -0.15) is 0 Å². The van der Waals surface area contributed by atoms with Gasteiger partial charge in [-0.15, -0.1) is 0 Å². The first-order chi connectivity index (χ1) is 8.93. The van der Waals surface area contributed by atoms with Crippen molar-refractivity contribution in [1.29, 1.82) is 0 Å². The molecule has 0 radical (unpaired) electrons. The van der Waals surface area contributed by atoms with Gasteiger partial charge in [0, 0.05) is 0 Å². The van der Waals surface area contributed by atoms with Crippen molar-refractivity contribution >= 4 is 0 Å². The molecule has 0 saturated carbocycles. The highest BCUT2D eigenvalue weighted by Gasteiger charge is 2.10. The Morgan fingerprint density at radius 1 is 0.947 bits per heavy atom. The molecule has 0 aliphatic rings. The Morgan fingerprint density at radius 3 is 2.00 bits per heavy atom. The lowest BCUT2D eigenvalue weighted by atomic mass is 9.87. The zero-order valence-electron chi connectivity index (χ0n) is 13.4. The van der Waals surface area contributed by atoms with Crippen molar-refractivity contribution < 1.29 is 0 Å². The molecule has 1 rings (SSSR count). The van der Waals surface area contributed by atoms with Crippen LogP contribution >= 0.6 is 0 Å². The summed E-state index contributed by atoms with van der Waals surface area (Å²) in [6.45, 7) is 13.6. The molecular weight excluding hydrogens is 228 g/mol. The second kappa shape index (κ2) is 7.33. The van der Waals surface area contributed by atoms with Crippen LogP contribution in [0.5, 0.6) is 0 Å². The van der Waals surface area contributed by atoms with Crippen LogP contribution in [0.4, 0.5) is 0 Å². The van der Waals surface area contributed by atoms with Gasteiger partial charge in [-0.25, -0.2) is 0 Å². The molecule has 1 aromatic carbocycles. The van der Waals surface area contributed by atoms with E-state index in [9.17, 15) is 0 Å². The molecule has 0 heteroatoms. The molecule has 0 fully saturated rings. The maximum Gasteiger partial charge on any atom is -0.0217 e. The Morgan fingerprint density at radius 2 is 1.53 bits per heavy atom. The molecule has 0 heterocycles. The minimum atomic E-state index is 0.602. The molecule has 0 nitrogen and oxygen atoms in total. The summed E-state index contributed by atoms with van der Waals surface area (Å²) in [4.78, 5) is 0. The third-order valence-electron chi connectivity index (χ3n) is 3.82. The molecule has 104 valence electrons. The topological polar surface area (TPSA) is 0 Å². The van der Waals surface area contributed by atoms with Gasteiger partial charge in [0.25, 0.3) is 0 Å². The van der Waals surface area contributed by atoms with Crippen LogP contribution in [0.3, 0.4) is 0 Å². The van der Waals surface area contributed by atoms with Gasteiger partial charge in [-0.05, 0) is 63.2 Å². The highest BCUT2D eigenvalue weighted by atomic mass is 14.2. The number of hydrogen-bond acceptors (Lipinski definition) is 0. The lowest BCUT2D eigenvalue weighted by molar-refractivity contribution is 0.746. The predicted octanol–water partition coefficient (Wildman–Crippen LogP) is 5.95. The van der Waals surface area contributed by atoms with Gasteiger partial charge in [0.1, 0.15) is 0 Å². The highest BCUT2D eigenvalue weighted by molar-refractivity contribution is 5.37. The molecule has 0 spiro atoms. The molecule has 0 amide bonds. The van der Waals surface area contributed by atoms with Gasteiger partial charge < -0.3 is 0 Å². The van der Waals surface area contributed by atoms with Crippen LogP contribution in [-0.4, -0.2) is 0 Å². The lowest BCUT2D eigenvalue weighted by Crippen LogP contribution is -2.02. The van der Waals surface area contributed by atoms with Gasteiger partial charge in [-0.1, -0.05) is 55.3 Å². The second-order valence-corrected chi connectivity index (χ2v) is 5.96. The Bertz CT molecular complexity index is 454. The van der Waals surface area contributed by atoms with Crippen LogP contribution in [-0.2, 0) is 6.42 Å². The summed E-state index contributed by atoms with van der Waals surface area (Å²) in [5.74, 6) is 0.602. The van der Waals surface area contributed by atoms with E-state index < -0.39 is 0 Å². The van der Waals surface area contributed by atoms with Gasteiger partial charge in [0.05, 0.1) is 0 Å². The third-order valence-corrected chi connectivity index (χ3v) is 3.82. The van der Waals surface area contributed by atoms with Crippen LogP contribution in [0.2, 0.25) is 0 Å². The maximum absolute atomic E-state index is 2.30. The molecule has 0 unspecified atom stereocenters. The molecule has 19 heavy (non-hydrogen) atoms. The van der Waals surface area contributed by atoms with E-state index in [2.05, 4.69) is 71.9 Å². The lowest BCUT2D eigenvalue weighted by Gasteiger charge is -2.18. The second-order valence-electron chi connectivity index (χ2n) is 5.96. The summed E-state index contributed by atoms with van der Waals surface area (Å²) >= 11 is 0. The normalized spacial score (nSPS) is 12.4. The van der Waals surface area contributed by atoms with Crippen LogP contribution in [0.1, 0.15) is 53.5 Å². The molecule has 0 aromatic heterocycles. The fraction of sp³-hybridized carbons (Fsp3) is 0.474. The summed E-state index contributed by atoms with van der Waals surface area (Å²) in [7, 11) is 0. The number of hydrogen-bond donors (Lipinski definition) is 0. The van der Waals surface area contributed by atoms with E-state index in [1.54, 1.807) is 5.57 Å². The van der Waals surface area contributed by atoms with E-state index in [1.165, 1.54) is 22.3 Å². The highest BCUT2D eigenvalue weighted by Crippen LogP contribution is 2.27. The van der Waals surface area contributed by atoms with Crippen LogP contribution < -0.4 is 0 Å². The van der Waals surface area contributed by atoms with Crippen molar-refractivity contribution in [2.75, 3.05) is 0 Å². The van der Waals surface area contributed by atoms with E-state index in [0.29, 0.717) is 5.92 Å². The monoisotopic (exact) mass is 256 g/mol. The summed E-state index contributed by atoms with van der Waals surface area (Å²) in [5.41, 5.74) is 7.43. The first-order valence-electron chi connectivity index (χ1n) is 7.31. The maximum atomic E-state index is 2.30. The van der Waals surface area contributed by atoms with E-state index in [1.807, 2.05) is 0 Å². The predicted molar refractivity (Wildman–Crippen MR) is 86.3 cm³/mol. The standard InChI is InChI=1S/C19H28/c1-14(2)17(6)19(15(3)4)16(5)12-13-18-10-8-7-9-11-18/h7-11,15H,12-13H2,1-6H3/b19-16-. The Hall–Kier alpha value is -1.30. The average Bonchev–Trinajstić information content (AvgIpc) is 2.37. The molecule has 0 aliphatic heterocycles. The smallest absolute Gasteiger partial charge is 0.0217 e. The molecule has 0 saturated heterocycles. The molecule has 0 bridgehead atoms. The van der Waals surface area contributed by atoms with E-state index in [0.717, 1.165) is 12.8 Å². The van der Waals surface area contributed by atoms with Crippen molar-refractivity contribution in [2.45, 2.75) is 54.4 Å². The first kappa shape index (κ1) is 15.8. The van der Waals surface area contributed by atoms with Crippen molar-refractivity contribution in [3.63, 3.8) is 0 Å². The molecular formula is C19H28. The van der Waals surface area contributed by atoms with Crippen LogP contribution in [0.15, 0.2) is 52.6 Å². The van der Waals surface area contributed by atoms with Crippen molar-refractivity contribution in [3.05, 3.63) is 58.2 Å². The molecule has 0 aliphatic carbocycles. The van der Waals surface area contributed by atoms with Crippen LogP contribution in [0, 0.1) is 5.92 Å². The Kier molecular flexibility index (Phi) is 6.08. The van der Waals surface area contributed by atoms with E-state index in [-0.39, 0.29) is 0 Å². The Labute approximate surface area is 119 Å². The molecule has 1 aromatic rings. The van der Waals surface area contributed by atoms with Crippen molar-refractivity contribution in [2.24, 2.45) is 5.92 Å². The number of aryl methyl sites for hydroxylation is 1. The summed E-state index contributed by atoms with van der Waals surface area (Å²) in [6.07, 6.45) is 2.29. The van der Waals surface area contributed by atoms with E-state index >= 15 is 0 Å². The average molecular weight is 256 g/mol. The summed E-state index contributed by atoms with van der Waals surface area (Å²) < 4.78 is 0. The van der Waals surface area contributed by atoms with Crippen LogP contribution in [0.25, 0.3) is 0 Å². The first-order valence-corrected chi connectivity index (χ1v) is 7.31. The van der Waals surface area contributed by atoms with Crippen molar-refractivity contribution in [1.82, 2.24) is 0 Å². The molecule has 0 atom stereocenters. The quantitative estimate of drug-likeness (QED) is 0.571.